The number of carbonyl (C=O) groups is 1. The Labute approximate surface area is 179 Å². The summed E-state index contributed by atoms with van der Waals surface area (Å²) in [5.41, 5.74) is 3.05. The molecule has 2 aromatic rings. The van der Waals surface area contributed by atoms with Crippen LogP contribution < -0.4 is 5.32 Å². The number of imidazole rings is 1. The van der Waals surface area contributed by atoms with Gasteiger partial charge in [0.05, 0.1) is 24.4 Å². The summed E-state index contributed by atoms with van der Waals surface area (Å²) in [6.07, 6.45) is 6.63. The van der Waals surface area contributed by atoms with Crippen molar-refractivity contribution in [1.29, 1.82) is 0 Å². The Morgan fingerprint density at radius 3 is 2.70 bits per heavy atom. The molecule has 1 amide bonds. The van der Waals surface area contributed by atoms with Gasteiger partial charge in [0.1, 0.15) is 5.82 Å². The van der Waals surface area contributed by atoms with E-state index < -0.39 is 0 Å². The number of fused-ring (bicyclic) bond motifs is 1. The van der Waals surface area contributed by atoms with Crippen molar-refractivity contribution in [2.75, 3.05) is 19.7 Å². The summed E-state index contributed by atoms with van der Waals surface area (Å²) in [5.74, 6) is 1.60. The summed E-state index contributed by atoms with van der Waals surface area (Å²) < 4.78 is 2.26. The van der Waals surface area contributed by atoms with Gasteiger partial charge in [0.25, 0.3) is 0 Å². The number of aliphatic hydroxyl groups excluding tert-OH is 1. The number of rotatable bonds is 7. The number of hydrogen-bond acceptors (Lipinski definition) is 4. The first kappa shape index (κ1) is 21.1. The molecule has 0 spiro atoms. The predicted molar refractivity (Wildman–Crippen MR) is 118 cm³/mol. The Morgan fingerprint density at radius 2 is 1.97 bits per heavy atom. The standard InChI is InChI=1S/C24H34N4O2/c1-18(19-8-4-2-5-9-19)25-23(30)16-21-22-17-27(14-15-29)12-13-28(22)24(26-21)20-10-6-3-7-11-20/h3,6-7,10-11,18-19,29H,2,4-5,8-9,12-17H2,1H3,(H,25,30)/t18-/m1/s1. The quantitative estimate of drug-likeness (QED) is 0.736. The molecule has 1 fully saturated rings. The van der Waals surface area contributed by atoms with Gasteiger partial charge in [-0.25, -0.2) is 4.98 Å². The van der Waals surface area contributed by atoms with Crippen molar-refractivity contribution in [1.82, 2.24) is 19.8 Å². The average molecular weight is 411 g/mol. The first-order valence-electron chi connectivity index (χ1n) is 11.4. The summed E-state index contributed by atoms with van der Waals surface area (Å²) >= 11 is 0. The number of nitrogens with one attached hydrogen (secondary N) is 1. The highest BCUT2D eigenvalue weighted by Gasteiger charge is 2.27. The average Bonchev–Trinajstić information content (AvgIpc) is 3.13. The van der Waals surface area contributed by atoms with Gasteiger partial charge in [-0.2, -0.15) is 0 Å². The third kappa shape index (κ3) is 4.76. The summed E-state index contributed by atoms with van der Waals surface area (Å²) in [5, 5.41) is 12.6. The zero-order valence-corrected chi connectivity index (χ0v) is 18.0. The van der Waals surface area contributed by atoms with Crippen LogP contribution in [-0.4, -0.2) is 51.2 Å². The van der Waals surface area contributed by atoms with Crippen LogP contribution in [0.3, 0.4) is 0 Å². The van der Waals surface area contributed by atoms with E-state index in [1.54, 1.807) is 0 Å². The maximum absolute atomic E-state index is 12.9. The van der Waals surface area contributed by atoms with Crippen LogP contribution in [0.5, 0.6) is 0 Å². The van der Waals surface area contributed by atoms with E-state index in [9.17, 15) is 9.90 Å². The molecule has 30 heavy (non-hydrogen) atoms. The molecule has 0 unspecified atom stereocenters. The van der Waals surface area contributed by atoms with Crippen molar-refractivity contribution in [3.63, 3.8) is 0 Å². The maximum Gasteiger partial charge on any atom is 0.226 e. The fourth-order valence-electron chi connectivity index (χ4n) is 4.98. The Morgan fingerprint density at radius 1 is 1.20 bits per heavy atom. The molecule has 6 heteroatoms. The lowest BCUT2D eigenvalue weighted by molar-refractivity contribution is -0.121. The number of aromatic nitrogens is 2. The number of benzene rings is 1. The van der Waals surface area contributed by atoms with Crippen LogP contribution in [0.1, 0.15) is 50.4 Å². The van der Waals surface area contributed by atoms with E-state index in [0.29, 0.717) is 18.9 Å². The minimum absolute atomic E-state index is 0.0628. The van der Waals surface area contributed by atoms with Gasteiger partial charge in [-0.15, -0.1) is 0 Å². The third-order valence-corrected chi connectivity index (χ3v) is 6.69. The molecule has 2 heterocycles. The lowest BCUT2D eigenvalue weighted by Gasteiger charge is -2.29. The monoisotopic (exact) mass is 410 g/mol. The van der Waals surface area contributed by atoms with Gasteiger partial charge in [0.2, 0.25) is 5.91 Å². The first-order valence-corrected chi connectivity index (χ1v) is 11.4. The van der Waals surface area contributed by atoms with E-state index in [1.165, 1.54) is 32.1 Å². The number of aliphatic hydroxyl groups is 1. The molecule has 1 saturated carbocycles. The highest BCUT2D eigenvalue weighted by atomic mass is 16.3. The van der Waals surface area contributed by atoms with Gasteiger partial charge in [0, 0.05) is 37.8 Å². The van der Waals surface area contributed by atoms with E-state index in [0.717, 1.165) is 42.4 Å². The van der Waals surface area contributed by atoms with Gasteiger partial charge in [-0.1, -0.05) is 49.6 Å². The highest BCUT2D eigenvalue weighted by molar-refractivity contribution is 5.79. The lowest BCUT2D eigenvalue weighted by atomic mass is 9.84. The third-order valence-electron chi connectivity index (χ3n) is 6.69. The lowest BCUT2D eigenvalue weighted by Crippen LogP contribution is -2.40. The van der Waals surface area contributed by atoms with Crippen molar-refractivity contribution in [3.05, 3.63) is 41.7 Å². The van der Waals surface area contributed by atoms with Crippen LogP contribution in [0.15, 0.2) is 30.3 Å². The number of amides is 1. The molecule has 1 aromatic heterocycles. The van der Waals surface area contributed by atoms with Crippen molar-refractivity contribution in [3.8, 4) is 11.4 Å². The second kappa shape index (κ2) is 9.75. The topological polar surface area (TPSA) is 70.4 Å². The van der Waals surface area contributed by atoms with Gasteiger partial charge in [0.15, 0.2) is 0 Å². The fraction of sp³-hybridized carbons (Fsp3) is 0.583. The molecule has 1 aliphatic carbocycles. The maximum atomic E-state index is 12.9. The zero-order chi connectivity index (χ0) is 20.9. The highest BCUT2D eigenvalue weighted by Crippen LogP contribution is 2.28. The van der Waals surface area contributed by atoms with Crippen LogP contribution in [0.4, 0.5) is 0 Å². The zero-order valence-electron chi connectivity index (χ0n) is 18.0. The molecular weight excluding hydrogens is 376 g/mol. The molecule has 6 nitrogen and oxygen atoms in total. The van der Waals surface area contributed by atoms with Crippen molar-refractivity contribution >= 4 is 5.91 Å². The van der Waals surface area contributed by atoms with Crippen LogP contribution in [0.2, 0.25) is 0 Å². The van der Waals surface area contributed by atoms with E-state index in [-0.39, 0.29) is 18.6 Å². The summed E-state index contributed by atoms with van der Waals surface area (Å²) in [6.45, 7) is 5.38. The van der Waals surface area contributed by atoms with Crippen molar-refractivity contribution < 1.29 is 9.90 Å². The molecule has 162 valence electrons. The Balaban J connectivity index is 1.53. The molecule has 2 aliphatic rings. The molecule has 1 atom stereocenters. The number of β-amino-alcohol motifs (C(OH)–C–C–N with tert-alkyl or cyclic N) is 1. The van der Waals surface area contributed by atoms with E-state index in [2.05, 4.69) is 33.8 Å². The van der Waals surface area contributed by atoms with Gasteiger partial charge in [-0.05, 0) is 25.7 Å². The number of nitrogens with zero attached hydrogens (tertiary/aromatic N) is 3. The number of hydrogen-bond donors (Lipinski definition) is 2. The normalized spacial score (nSPS) is 18.7. The number of carbonyl (C=O) groups excluding carboxylic acids is 1. The van der Waals surface area contributed by atoms with Crippen LogP contribution in [-0.2, 0) is 24.3 Å². The minimum atomic E-state index is 0.0628. The fourth-order valence-corrected chi connectivity index (χ4v) is 4.98. The van der Waals surface area contributed by atoms with Crippen LogP contribution in [0.25, 0.3) is 11.4 Å². The largest absolute Gasteiger partial charge is 0.395 e. The molecule has 1 aliphatic heterocycles. The van der Waals surface area contributed by atoms with E-state index >= 15 is 0 Å². The second-order valence-corrected chi connectivity index (χ2v) is 8.78. The predicted octanol–water partition coefficient (Wildman–Crippen LogP) is 2.99. The second-order valence-electron chi connectivity index (χ2n) is 8.78. The first-order chi connectivity index (χ1) is 14.7. The molecule has 0 saturated heterocycles. The van der Waals surface area contributed by atoms with Crippen LogP contribution >= 0.6 is 0 Å². The van der Waals surface area contributed by atoms with Gasteiger partial charge >= 0.3 is 0 Å². The molecular formula is C24H34N4O2. The molecule has 0 radical (unpaired) electrons. The van der Waals surface area contributed by atoms with Gasteiger partial charge in [-0.3, -0.25) is 9.69 Å². The Kier molecular flexibility index (Phi) is 6.85. The Hall–Kier alpha value is -2.18. The van der Waals surface area contributed by atoms with Crippen molar-refractivity contribution in [2.24, 2.45) is 5.92 Å². The van der Waals surface area contributed by atoms with E-state index in [1.807, 2.05) is 18.2 Å². The summed E-state index contributed by atoms with van der Waals surface area (Å²) in [6, 6.07) is 10.4. The molecule has 0 bridgehead atoms. The van der Waals surface area contributed by atoms with E-state index in [4.69, 9.17) is 4.98 Å². The molecule has 2 N–H and O–H groups in total. The molecule has 1 aromatic carbocycles. The minimum Gasteiger partial charge on any atom is -0.395 e. The summed E-state index contributed by atoms with van der Waals surface area (Å²) in [4.78, 5) is 20.1. The van der Waals surface area contributed by atoms with Crippen LogP contribution in [0, 0.1) is 5.92 Å². The summed E-state index contributed by atoms with van der Waals surface area (Å²) in [7, 11) is 0. The molecule has 4 rings (SSSR count). The Bertz CT molecular complexity index is 842. The smallest absolute Gasteiger partial charge is 0.226 e. The van der Waals surface area contributed by atoms with Gasteiger partial charge < -0.3 is 15.0 Å². The van der Waals surface area contributed by atoms with Crippen molar-refractivity contribution in [2.45, 2.75) is 64.6 Å². The SMILES string of the molecule is C[C@@H](NC(=O)Cc1nc(-c2ccccc2)n2c1CN(CCO)CC2)C1CCCCC1.